The predicted molar refractivity (Wildman–Crippen MR) is 127 cm³/mol. The number of para-hydroxylation sites is 2. The van der Waals surface area contributed by atoms with Crippen LogP contribution >= 0.6 is 0 Å². The number of nitrogen functional groups attached to an aromatic ring is 1. The summed E-state index contributed by atoms with van der Waals surface area (Å²) in [6, 6.07) is 7.93. The number of nitrogens with one attached hydrogen (secondary N) is 2. The lowest BCUT2D eigenvalue weighted by Crippen LogP contribution is -2.38. The minimum atomic E-state index is -1.11. The number of ether oxygens (including phenoxy) is 1. The van der Waals surface area contributed by atoms with Gasteiger partial charge in [0.1, 0.15) is 30.2 Å². The lowest BCUT2D eigenvalue weighted by Gasteiger charge is -2.22. The summed E-state index contributed by atoms with van der Waals surface area (Å²) in [6.45, 7) is 2.11. The largest absolute Gasteiger partial charge is 0.387 e. The van der Waals surface area contributed by atoms with Crippen LogP contribution in [-0.4, -0.2) is 89.6 Å². The second kappa shape index (κ2) is 9.50. The number of unbranched alkanes of at least 4 members (excludes halogenated alkanes) is 1. The number of nitrogens with zero attached hydrogens (tertiary/aromatic N) is 6. The van der Waals surface area contributed by atoms with E-state index in [0.717, 1.165) is 42.9 Å². The van der Waals surface area contributed by atoms with E-state index in [2.05, 4.69) is 35.1 Å². The van der Waals surface area contributed by atoms with Crippen LogP contribution in [0.15, 0.2) is 36.9 Å². The van der Waals surface area contributed by atoms with Gasteiger partial charge < -0.3 is 35.9 Å². The molecule has 0 saturated carbocycles. The first kappa shape index (κ1) is 22.5. The molecule has 4 aromatic rings. The molecule has 0 aliphatic carbocycles. The first-order chi connectivity index (χ1) is 16.5. The van der Waals surface area contributed by atoms with Gasteiger partial charge in [0.05, 0.1) is 17.4 Å². The molecular weight excluding hydrogens is 438 g/mol. The smallest absolute Gasteiger partial charge is 0.201 e. The van der Waals surface area contributed by atoms with Crippen molar-refractivity contribution in [1.29, 1.82) is 0 Å². The van der Waals surface area contributed by atoms with Crippen molar-refractivity contribution in [1.82, 2.24) is 34.4 Å². The fraction of sp³-hybridized carbons (Fsp3) is 0.455. The Morgan fingerprint density at radius 1 is 1.18 bits per heavy atom. The number of aliphatic hydroxyl groups is 2. The number of fused-ring (bicyclic) bond motifs is 2. The number of likely N-dealkylation sites (N-methyl/N-ethyl adjacent to an activating group) is 1. The summed E-state index contributed by atoms with van der Waals surface area (Å²) in [7, 11) is 1.98. The molecule has 5 rings (SSSR count). The predicted octanol–water partition coefficient (Wildman–Crippen LogP) is 0.728. The van der Waals surface area contributed by atoms with Crippen LogP contribution in [0, 0.1) is 0 Å². The number of hydrogen-bond donors (Lipinski definition) is 5. The van der Waals surface area contributed by atoms with E-state index in [4.69, 9.17) is 10.5 Å². The molecule has 4 heterocycles. The lowest BCUT2D eigenvalue weighted by molar-refractivity contribution is -0.0422. The van der Waals surface area contributed by atoms with E-state index in [1.807, 2.05) is 31.3 Å². The van der Waals surface area contributed by atoms with Crippen molar-refractivity contribution in [3.05, 3.63) is 36.9 Å². The Hall–Kier alpha value is -3.32. The number of benzene rings is 1. The average Bonchev–Trinajstić information content (AvgIpc) is 3.51. The van der Waals surface area contributed by atoms with Crippen LogP contribution in [0.3, 0.4) is 0 Å². The highest BCUT2D eigenvalue weighted by Gasteiger charge is 2.44. The third kappa shape index (κ3) is 4.40. The molecule has 0 radical (unpaired) electrons. The number of H-pyrrole nitrogens is 1. The fourth-order valence-electron chi connectivity index (χ4n) is 4.31. The van der Waals surface area contributed by atoms with Gasteiger partial charge in [0.25, 0.3) is 0 Å². The summed E-state index contributed by atoms with van der Waals surface area (Å²) in [6.07, 6.45) is 1.26. The van der Waals surface area contributed by atoms with Gasteiger partial charge in [0.2, 0.25) is 5.95 Å². The molecule has 34 heavy (non-hydrogen) atoms. The summed E-state index contributed by atoms with van der Waals surface area (Å²) in [5, 5.41) is 24.5. The normalized spacial score (nSPS) is 22.8. The maximum absolute atomic E-state index is 10.6. The van der Waals surface area contributed by atoms with Crippen molar-refractivity contribution in [3.8, 4) is 0 Å². The summed E-state index contributed by atoms with van der Waals surface area (Å²) in [5.41, 5.74) is 8.69. The van der Waals surface area contributed by atoms with E-state index in [1.165, 1.54) is 12.7 Å². The molecule has 4 atom stereocenters. The van der Waals surface area contributed by atoms with Crippen molar-refractivity contribution in [3.63, 3.8) is 0 Å². The van der Waals surface area contributed by atoms with E-state index in [9.17, 15) is 10.2 Å². The number of aromatic amines is 1. The molecule has 3 aromatic heterocycles. The van der Waals surface area contributed by atoms with Gasteiger partial charge in [0, 0.05) is 13.1 Å². The van der Waals surface area contributed by atoms with Gasteiger partial charge in [-0.15, -0.1) is 0 Å². The third-order valence-electron chi connectivity index (χ3n) is 6.14. The van der Waals surface area contributed by atoms with Crippen molar-refractivity contribution in [2.75, 3.05) is 37.7 Å². The van der Waals surface area contributed by atoms with Crippen molar-refractivity contribution < 1.29 is 14.9 Å². The van der Waals surface area contributed by atoms with E-state index >= 15 is 0 Å². The van der Waals surface area contributed by atoms with Crippen molar-refractivity contribution in [2.45, 2.75) is 37.4 Å². The van der Waals surface area contributed by atoms with Crippen LogP contribution in [0.25, 0.3) is 22.2 Å². The molecule has 1 fully saturated rings. The van der Waals surface area contributed by atoms with Crippen LogP contribution < -0.4 is 11.1 Å². The first-order valence-electron chi connectivity index (χ1n) is 11.3. The SMILES string of the molecule is CN(CCCCNc1nc2ccccc2[nH]1)C[C@H]1O[C@@H](n2cnc3c(N)ncnc32)[C@H](O)[C@@H]1O. The van der Waals surface area contributed by atoms with Crippen molar-refractivity contribution >= 4 is 34.0 Å². The number of aliphatic hydroxyl groups excluding tert-OH is 2. The monoisotopic (exact) mass is 467 g/mol. The summed E-state index contributed by atoms with van der Waals surface area (Å²) in [4.78, 5) is 22.2. The quantitative estimate of drug-likeness (QED) is 0.222. The molecule has 180 valence electrons. The summed E-state index contributed by atoms with van der Waals surface area (Å²) in [5.74, 6) is 1.03. The Morgan fingerprint density at radius 3 is 2.88 bits per heavy atom. The third-order valence-corrected chi connectivity index (χ3v) is 6.14. The highest BCUT2D eigenvalue weighted by atomic mass is 16.6. The van der Waals surface area contributed by atoms with Crippen molar-refractivity contribution in [2.24, 2.45) is 0 Å². The zero-order chi connectivity index (χ0) is 23.7. The van der Waals surface area contributed by atoms with Gasteiger partial charge >= 0.3 is 0 Å². The topological polar surface area (TPSA) is 163 Å². The van der Waals surface area contributed by atoms with Crippen LogP contribution in [0.2, 0.25) is 0 Å². The molecule has 6 N–H and O–H groups in total. The number of anilines is 2. The summed E-state index contributed by atoms with van der Waals surface area (Å²) >= 11 is 0. The number of aromatic nitrogens is 6. The molecule has 1 aromatic carbocycles. The van der Waals surface area contributed by atoms with Crippen LogP contribution in [-0.2, 0) is 4.74 Å². The highest BCUT2D eigenvalue weighted by Crippen LogP contribution is 2.32. The zero-order valence-electron chi connectivity index (χ0n) is 18.9. The Kier molecular flexibility index (Phi) is 6.28. The molecule has 0 spiro atoms. The molecule has 1 aliphatic rings. The minimum absolute atomic E-state index is 0.253. The second-order valence-electron chi connectivity index (χ2n) is 8.63. The number of rotatable bonds is 9. The standard InChI is InChI=1S/C22H29N9O3/c1-30(9-5-4-8-24-22-28-13-6-2-3-7-14(13)29-22)10-15-17(32)18(33)21(34-15)31-12-27-16-19(23)25-11-26-20(16)31/h2-3,6-7,11-12,15,17-18,21,32-33H,4-5,8-10H2,1H3,(H2,23,25,26)(H2,24,28,29)/t15-,17-,18-,21-/m1/s1. The van der Waals surface area contributed by atoms with E-state index < -0.39 is 24.5 Å². The average molecular weight is 468 g/mol. The maximum Gasteiger partial charge on any atom is 0.201 e. The van der Waals surface area contributed by atoms with Gasteiger partial charge in [-0.1, -0.05) is 12.1 Å². The molecule has 12 nitrogen and oxygen atoms in total. The molecule has 12 heteroatoms. The molecular formula is C22H29N9O3. The Morgan fingerprint density at radius 2 is 2.03 bits per heavy atom. The molecule has 1 aliphatic heterocycles. The van der Waals surface area contributed by atoms with Gasteiger partial charge in [-0.05, 0) is 38.6 Å². The lowest BCUT2D eigenvalue weighted by atomic mass is 10.1. The van der Waals surface area contributed by atoms with Crippen LogP contribution in [0.5, 0.6) is 0 Å². The molecule has 0 unspecified atom stereocenters. The van der Waals surface area contributed by atoms with Gasteiger partial charge in [0.15, 0.2) is 17.7 Å². The first-order valence-corrected chi connectivity index (χ1v) is 11.3. The zero-order valence-corrected chi connectivity index (χ0v) is 18.9. The molecule has 0 bridgehead atoms. The Balaban J connectivity index is 1.10. The van der Waals surface area contributed by atoms with Crippen LogP contribution in [0.1, 0.15) is 19.1 Å². The Labute approximate surface area is 195 Å². The van der Waals surface area contributed by atoms with Gasteiger partial charge in [-0.2, -0.15) is 0 Å². The molecule has 1 saturated heterocycles. The summed E-state index contributed by atoms with van der Waals surface area (Å²) < 4.78 is 7.61. The molecule has 0 amide bonds. The highest BCUT2D eigenvalue weighted by molar-refractivity contribution is 5.81. The number of imidazole rings is 2. The minimum Gasteiger partial charge on any atom is -0.387 e. The van der Waals surface area contributed by atoms with E-state index in [-0.39, 0.29) is 5.82 Å². The van der Waals surface area contributed by atoms with E-state index in [0.29, 0.717) is 17.7 Å². The Bertz CT molecular complexity index is 1230. The van der Waals surface area contributed by atoms with Crippen LogP contribution in [0.4, 0.5) is 11.8 Å². The second-order valence-corrected chi connectivity index (χ2v) is 8.63. The fourth-order valence-corrected chi connectivity index (χ4v) is 4.31. The number of hydrogen-bond acceptors (Lipinski definition) is 10. The van der Waals surface area contributed by atoms with E-state index in [1.54, 1.807) is 4.57 Å². The van der Waals surface area contributed by atoms with Gasteiger partial charge in [-0.25, -0.2) is 19.9 Å². The van der Waals surface area contributed by atoms with Gasteiger partial charge in [-0.3, -0.25) is 4.57 Å². The maximum atomic E-state index is 10.6. The number of nitrogens with two attached hydrogens (primary N) is 1.